The van der Waals surface area contributed by atoms with E-state index in [-0.39, 0.29) is 16.1 Å². The smallest absolute Gasteiger partial charge is 0.335 e. The van der Waals surface area contributed by atoms with Crippen molar-refractivity contribution in [1.29, 1.82) is 0 Å². The van der Waals surface area contributed by atoms with Crippen molar-refractivity contribution in [1.82, 2.24) is 0 Å². The lowest BCUT2D eigenvalue weighted by atomic mass is 10.2. The first-order valence-electron chi connectivity index (χ1n) is 5.71. The van der Waals surface area contributed by atoms with Gasteiger partial charge in [0.05, 0.1) is 16.9 Å². The van der Waals surface area contributed by atoms with Crippen LogP contribution in [0.2, 0.25) is 0 Å². The lowest BCUT2D eigenvalue weighted by Gasteiger charge is -2.11. The maximum Gasteiger partial charge on any atom is 0.335 e. The van der Waals surface area contributed by atoms with E-state index in [0.717, 1.165) is 9.64 Å². The van der Waals surface area contributed by atoms with E-state index < -0.39 is 16.0 Å². The number of para-hydroxylation sites is 1. The van der Waals surface area contributed by atoms with Crippen LogP contribution in [0.3, 0.4) is 0 Å². The number of rotatable bonds is 4. The highest BCUT2D eigenvalue weighted by atomic mass is 127. The highest BCUT2D eigenvalue weighted by Crippen LogP contribution is 2.25. The van der Waals surface area contributed by atoms with E-state index in [2.05, 4.69) is 4.72 Å². The fourth-order valence-corrected chi connectivity index (χ4v) is 3.57. The fourth-order valence-electron chi connectivity index (χ4n) is 1.67. The molecule has 0 saturated carbocycles. The van der Waals surface area contributed by atoms with Crippen LogP contribution in [-0.4, -0.2) is 19.5 Å². The summed E-state index contributed by atoms with van der Waals surface area (Å²) in [4.78, 5) is 10.7. The highest BCUT2D eigenvalue weighted by molar-refractivity contribution is 14.1. The minimum absolute atomic E-state index is 0.0688. The number of carboxylic acids is 1. The lowest BCUT2D eigenvalue weighted by Crippen LogP contribution is -2.16. The van der Waals surface area contributed by atoms with Gasteiger partial charge >= 0.3 is 5.97 Å². The number of aromatic carboxylic acids is 1. The number of anilines is 2. The molecule has 0 aromatic heterocycles. The molecule has 0 fully saturated rings. The van der Waals surface area contributed by atoms with Gasteiger partial charge in [-0.2, -0.15) is 0 Å². The molecule has 0 radical (unpaired) electrons. The van der Waals surface area contributed by atoms with Crippen LogP contribution >= 0.6 is 22.6 Å². The summed E-state index contributed by atoms with van der Waals surface area (Å²) in [6, 6.07) is 10.4. The van der Waals surface area contributed by atoms with Crippen LogP contribution in [0.4, 0.5) is 11.4 Å². The van der Waals surface area contributed by atoms with Crippen molar-refractivity contribution >= 4 is 50.0 Å². The van der Waals surface area contributed by atoms with Gasteiger partial charge in [0.25, 0.3) is 10.0 Å². The summed E-state index contributed by atoms with van der Waals surface area (Å²) < 4.78 is 27.8. The Kier molecular flexibility index (Phi) is 4.37. The molecule has 0 aliphatic rings. The molecule has 21 heavy (non-hydrogen) atoms. The minimum atomic E-state index is -3.88. The van der Waals surface area contributed by atoms with Crippen LogP contribution in [0.15, 0.2) is 47.4 Å². The Morgan fingerprint density at radius 3 is 2.43 bits per heavy atom. The van der Waals surface area contributed by atoms with Gasteiger partial charge < -0.3 is 10.8 Å². The van der Waals surface area contributed by atoms with Crippen LogP contribution in [0.1, 0.15) is 10.4 Å². The quantitative estimate of drug-likeness (QED) is 0.522. The maximum absolute atomic E-state index is 12.3. The zero-order chi connectivity index (χ0) is 15.6. The number of carbonyl (C=O) groups is 1. The molecule has 0 amide bonds. The molecule has 110 valence electrons. The normalized spacial score (nSPS) is 11.1. The van der Waals surface area contributed by atoms with Gasteiger partial charge in [0, 0.05) is 3.57 Å². The van der Waals surface area contributed by atoms with Gasteiger partial charge in [-0.25, -0.2) is 13.2 Å². The van der Waals surface area contributed by atoms with E-state index in [1.54, 1.807) is 24.3 Å². The van der Waals surface area contributed by atoms with Crippen molar-refractivity contribution in [3.05, 3.63) is 51.6 Å². The lowest BCUT2D eigenvalue weighted by molar-refractivity contribution is 0.0697. The third-order valence-corrected chi connectivity index (χ3v) is 5.04. The molecule has 2 aromatic carbocycles. The largest absolute Gasteiger partial charge is 0.478 e. The summed E-state index contributed by atoms with van der Waals surface area (Å²) in [6.07, 6.45) is 0. The van der Waals surface area contributed by atoms with Gasteiger partial charge in [-0.15, -0.1) is 0 Å². The Morgan fingerprint density at radius 2 is 1.86 bits per heavy atom. The molecule has 0 aliphatic heterocycles. The molecule has 0 unspecified atom stereocenters. The van der Waals surface area contributed by atoms with Crippen LogP contribution in [0.25, 0.3) is 0 Å². The van der Waals surface area contributed by atoms with Gasteiger partial charge in [-0.1, -0.05) is 12.1 Å². The second kappa shape index (κ2) is 5.90. The average Bonchev–Trinajstić information content (AvgIpc) is 2.40. The zero-order valence-corrected chi connectivity index (χ0v) is 13.6. The summed E-state index contributed by atoms with van der Waals surface area (Å²) in [5.41, 5.74) is 5.90. The van der Waals surface area contributed by atoms with Gasteiger partial charge in [-0.3, -0.25) is 4.72 Å². The second-order valence-corrected chi connectivity index (χ2v) is 6.96. The standard InChI is InChI=1S/C13H11IN2O4S/c14-9-3-1-2-4-11(9)16-21(19,20)12-6-5-8(13(17)18)7-10(12)15/h1-7,16H,15H2,(H,17,18). The SMILES string of the molecule is Nc1cc(C(=O)O)ccc1S(=O)(=O)Nc1ccccc1I. The van der Waals surface area contributed by atoms with E-state index in [1.165, 1.54) is 12.1 Å². The predicted molar refractivity (Wildman–Crippen MR) is 87.8 cm³/mol. The zero-order valence-electron chi connectivity index (χ0n) is 10.6. The molecule has 0 atom stereocenters. The summed E-state index contributed by atoms with van der Waals surface area (Å²) >= 11 is 2.01. The van der Waals surface area contributed by atoms with E-state index in [0.29, 0.717) is 5.69 Å². The fraction of sp³-hybridized carbons (Fsp3) is 0. The third kappa shape index (κ3) is 3.45. The monoisotopic (exact) mass is 418 g/mol. The summed E-state index contributed by atoms with van der Waals surface area (Å²) in [6.45, 7) is 0. The van der Waals surface area contributed by atoms with Crippen molar-refractivity contribution in [2.75, 3.05) is 10.5 Å². The van der Waals surface area contributed by atoms with E-state index in [4.69, 9.17) is 10.8 Å². The number of nitrogen functional groups attached to an aromatic ring is 1. The second-order valence-electron chi connectivity index (χ2n) is 4.14. The van der Waals surface area contributed by atoms with Crippen molar-refractivity contribution in [3.63, 3.8) is 0 Å². The molecule has 2 rings (SSSR count). The Bertz CT molecular complexity index is 806. The van der Waals surface area contributed by atoms with Gasteiger partial charge in [0.15, 0.2) is 0 Å². The van der Waals surface area contributed by atoms with Crippen molar-refractivity contribution < 1.29 is 18.3 Å². The number of halogens is 1. The van der Waals surface area contributed by atoms with E-state index >= 15 is 0 Å². The molecule has 0 heterocycles. The molecule has 0 saturated heterocycles. The third-order valence-electron chi connectivity index (χ3n) is 2.66. The van der Waals surface area contributed by atoms with Crippen LogP contribution in [-0.2, 0) is 10.0 Å². The van der Waals surface area contributed by atoms with Crippen molar-refractivity contribution in [2.45, 2.75) is 4.90 Å². The first kappa shape index (κ1) is 15.6. The number of sulfonamides is 1. The topological polar surface area (TPSA) is 109 Å². The first-order chi connectivity index (χ1) is 9.81. The molecule has 0 bridgehead atoms. The Morgan fingerprint density at radius 1 is 1.19 bits per heavy atom. The van der Waals surface area contributed by atoms with Gasteiger partial charge in [0.1, 0.15) is 4.90 Å². The number of benzene rings is 2. The molecule has 4 N–H and O–H groups in total. The molecule has 0 aliphatic carbocycles. The van der Waals surface area contributed by atoms with Crippen LogP contribution in [0, 0.1) is 3.57 Å². The predicted octanol–water partition coefficient (Wildman–Crippen LogP) is 2.37. The number of nitrogens with two attached hydrogens (primary N) is 1. The Balaban J connectivity index is 2.41. The number of hydrogen-bond donors (Lipinski definition) is 3. The average molecular weight is 418 g/mol. The van der Waals surface area contributed by atoms with Gasteiger partial charge in [-0.05, 0) is 52.9 Å². The minimum Gasteiger partial charge on any atom is -0.478 e. The van der Waals surface area contributed by atoms with Crippen molar-refractivity contribution in [3.8, 4) is 0 Å². The Labute approximate surface area is 135 Å². The van der Waals surface area contributed by atoms with Crippen LogP contribution < -0.4 is 10.5 Å². The summed E-state index contributed by atoms with van der Waals surface area (Å²) in [5, 5.41) is 8.85. The summed E-state index contributed by atoms with van der Waals surface area (Å²) in [5.74, 6) is -1.17. The molecule has 2 aromatic rings. The van der Waals surface area contributed by atoms with Gasteiger partial charge in [0.2, 0.25) is 0 Å². The molecular formula is C13H11IN2O4S. The Hall–Kier alpha value is -1.81. The number of nitrogens with one attached hydrogen (secondary N) is 1. The molecule has 6 nitrogen and oxygen atoms in total. The molecule has 0 spiro atoms. The number of hydrogen-bond acceptors (Lipinski definition) is 4. The van der Waals surface area contributed by atoms with E-state index in [1.807, 2.05) is 22.6 Å². The van der Waals surface area contributed by atoms with E-state index in [9.17, 15) is 13.2 Å². The summed E-state index contributed by atoms with van der Waals surface area (Å²) in [7, 11) is -3.88. The molecule has 8 heteroatoms. The highest BCUT2D eigenvalue weighted by Gasteiger charge is 2.19. The maximum atomic E-state index is 12.3. The van der Waals surface area contributed by atoms with Crippen molar-refractivity contribution in [2.24, 2.45) is 0 Å². The number of carboxylic acid groups (broad SMARTS) is 1. The van der Waals surface area contributed by atoms with Crippen LogP contribution in [0.5, 0.6) is 0 Å². The molecular weight excluding hydrogens is 407 g/mol. The first-order valence-corrected chi connectivity index (χ1v) is 8.27.